The summed E-state index contributed by atoms with van der Waals surface area (Å²) in [4.78, 5) is 29.3. The third-order valence-electron chi connectivity index (χ3n) is 4.30. The van der Waals surface area contributed by atoms with Gasteiger partial charge in [0.2, 0.25) is 5.91 Å². The van der Waals surface area contributed by atoms with Gasteiger partial charge in [0.05, 0.1) is 11.3 Å². The number of anilines is 1. The van der Waals surface area contributed by atoms with Gasteiger partial charge in [-0.2, -0.15) is 0 Å². The van der Waals surface area contributed by atoms with Crippen LogP contribution in [0.5, 0.6) is 0 Å². The van der Waals surface area contributed by atoms with Crippen molar-refractivity contribution in [2.75, 3.05) is 5.32 Å². The first-order valence-electron chi connectivity index (χ1n) is 9.03. The lowest BCUT2D eigenvalue weighted by Crippen LogP contribution is -2.47. The highest BCUT2D eigenvalue weighted by atomic mass is 32.1. The number of thiazole rings is 1. The summed E-state index contributed by atoms with van der Waals surface area (Å²) in [6.45, 7) is 3.47. The third kappa shape index (κ3) is 4.85. The largest absolute Gasteiger partial charge is 0.340 e. The monoisotopic (exact) mass is 433 g/mol. The maximum Gasteiger partial charge on any atom is 0.254 e. The zero-order chi connectivity index (χ0) is 21.8. The Morgan fingerprint density at radius 3 is 2.40 bits per heavy atom. The first-order valence-corrected chi connectivity index (χ1v) is 9.91. The van der Waals surface area contributed by atoms with Crippen molar-refractivity contribution in [1.29, 1.82) is 0 Å². The summed E-state index contributed by atoms with van der Waals surface area (Å²) < 4.78 is 40.4. The number of rotatable bonds is 6. The van der Waals surface area contributed by atoms with Crippen molar-refractivity contribution in [2.45, 2.75) is 19.9 Å². The first kappa shape index (κ1) is 21.5. The van der Waals surface area contributed by atoms with E-state index in [4.69, 9.17) is 0 Å². The average molecular weight is 433 g/mol. The van der Waals surface area contributed by atoms with Crippen LogP contribution in [0, 0.1) is 23.4 Å². The van der Waals surface area contributed by atoms with Crippen molar-refractivity contribution in [3.05, 3.63) is 70.9 Å². The van der Waals surface area contributed by atoms with Gasteiger partial charge in [-0.15, -0.1) is 11.3 Å². The number of carbonyl (C=O) groups excluding carboxylic acids is 2. The van der Waals surface area contributed by atoms with Crippen LogP contribution >= 0.6 is 11.3 Å². The number of aromatic nitrogens is 1. The van der Waals surface area contributed by atoms with Crippen LogP contribution in [0.15, 0.2) is 47.8 Å². The molecule has 1 aromatic heterocycles. The summed E-state index contributed by atoms with van der Waals surface area (Å²) >= 11 is 1.10. The molecule has 30 heavy (non-hydrogen) atoms. The fourth-order valence-corrected chi connectivity index (χ4v) is 3.42. The van der Waals surface area contributed by atoms with Crippen LogP contribution in [0.25, 0.3) is 11.3 Å². The van der Waals surface area contributed by atoms with Crippen LogP contribution in [0.2, 0.25) is 0 Å². The molecule has 0 saturated heterocycles. The SMILES string of the molecule is CC(C)[C@H](NC(=O)c1ccccc1F)C(=O)Nc1nc(-c2ccc(F)c(F)c2)cs1. The lowest BCUT2D eigenvalue weighted by molar-refractivity contribution is -0.118. The smallest absolute Gasteiger partial charge is 0.254 e. The summed E-state index contributed by atoms with van der Waals surface area (Å²) in [5.74, 6) is -4.17. The minimum atomic E-state index is -0.998. The van der Waals surface area contributed by atoms with Gasteiger partial charge in [0.25, 0.3) is 5.91 Å². The number of halogens is 3. The van der Waals surface area contributed by atoms with Crippen LogP contribution in [-0.4, -0.2) is 22.8 Å². The minimum Gasteiger partial charge on any atom is -0.340 e. The van der Waals surface area contributed by atoms with Crippen molar-refractivity contribution in [1.82, 2.24) is 10.3 Å². The molecule has 0 radical (unpaired) electrons. The van der Waals surface area contributed by atoms with Crippen LogP contribution < -0.4 is 10.6 Å². The second-order valence-electron chi connectivity index (χ2n) is 6.83. The quantitative estimate of drug-likeness (QED) is 0.596. The zero-order valence-corrected chi connectivity index (χ0v) is 16.9. The molecule has 1 atom stereocenters. The summed E-state index contributed by atoms with van der Waals surface area (Å²) in [6.07, 6.45) is 0. The van der Waals surface area contributed by atoms with E-state index in [1.54, 1.807) is 19.2 Å². The predicted octanol–water partition coefficient (Wildman–Crippen LogP) is 4.62. The lowest BCUT2D eigenvalue weighted by atomic mass is 10.0. The summed E-state index contributed by atoms with van der Waals surface area (Å²) in [7, 11) is 0. The van der Waals surface area contributed by atoms with E-state index in [1.165, 1.54) is 24.3 Å². The highest BCUT2D eigenvalue weighted by molar-refractivity contribution is 7.14. The first-order chi connectivity index (χ1) is 14.3. The molecule has 9 heteroatoms. The molecule has 5 nitrogen and oxygen atoms in total. The second-order valence-corrected chi connectivity index (χ2v) is 7.69. The molecule has 0 aliphatic carbocycles. The molecule has 0 bridgehead atoms. The van der Waals surface area contributed by atoms with E-state index in [9.17, 15) is 22.8 Å². The van der Waals surface area contributed by atoms with Gasteiger partial charge in [-0.25, -0.2) is 18.2 Å². The van der Waals surface area contributed by atoms with Gasteiger partial charge in [0, 0.05) is 10.9 Å². The Bertz CT molecular complexity index is 1080. The number of amides is 2. The predicted molar refractivity (Wildman–Crippen MR) is 109 cm³/mol. The highest BCUT2D eigenvalue weighted by Crippen LogP contribution is 2.26. The molecule has 0 aliphatic heterocycles. The molecule has 0 aliphatic rings. The van der Waals surface area contributed by atoms with Crippen molar-refractivity contribution in [2.24, 2.45) is 5.92 Å². The van der Waals surface area contributed by atoms with Crippen LogP contribution in [0.3, 0.4) is 0 Å². The van der Waals surface area contributed by atoms with Gasteiger partial charge in [0.1, 0.15) is 11.9 Å². The molecule has 156 valence electrons. The van der Waals surface area contributed by atoms with Crippen LogP contribution in [-0.2, 0) is 4.79 Å². The molecule has 2 aromatic carbocycles. The van der Waals surface area contributed by atoms with Gasteiger partial charge in [0.15, 0.2) is 16.8 Å². The van der Waals surface area contributed by atoms with E-state index < -0.39 is 35.3 Å². The molecule has 0 spiro atoms. The minimum absolute atomic E-state index is 0.161. The molecule has 1 heterocycles. The fraction of sp³-hybridized carbons (Fsp3) is 0.190. The average Bonchev–Trinajstić information content (AvgIpc) is 3.16. The summed E-state index contributed by atoms with van der Waals surface area (Å²) in [6, 6.07) is 7.93. The van der Waals surface area contributed by atoms with Gasteiger partial charge < -0.3 is 10.6 Å². The fourth-order valence-electron chi connectivity index (χ4n) is 2.70. The van der Waals surface area contributed by atoms with E-state index in [1.807, 2.05) is 0 Å². The van der Waals surface area contributed by atoms with Crippen molar-refractivity contribution in [3.63, 3.8) is 0 Å². The maximum absolute atomic E-state index is 13.8. The number of benzene rings is 2. The number of hydrogen-bond donors (Lipinski definition) is 2. The Morgan fingerprint density at radius 2 is 1.73 bits per heavy atom. The topological polar surface area (TPSA) is 71.1 Å². The van der Waals surface area contributed by atoms with Crippen molar-refractivity contribution < 1.29 is 22.8 Å². The van der Waals surface area contributed by atoms with Crippen molar-refractivity contribution in [3.8, 4) is 11.3 Å². The Kier molecular flexibility index (Phi) is 6.51. The molecule has 0 unspecified atom stereocenters. The van der Waals surface area contributed by atoms with E-state index in [0.717, 1.165) is 29.5 Å². The molecule has 3 rings (SSSR count). The van der Waals surface area contributed by atoms with Gasteiger partial charge in [-0.05, 0) is 36.2 Å². The number of hydrogen-bond acceptors (Lipinski definition) is 4. The van der Waals surface area contributed by atoms with E-state index in [-0.39, 0.29) is 16.6 Å². The van der Waals surface area contributed by atoms with Gasteiger partial charge >= 0.3 is 0 Å². The normalized spacial score (nSPS) is 11.9. The Balaban J connectivity index is 1.73. The molecule has 2 N–H and O–H groups in total. The third-order valence-corrected chi connectivity index (χ3v) is 5.06. The standard InChI is InChI=1S/C21H18F3N3O2S/c1-11(2)18(26-19(28)13-5-3-4-6-14(13)22)20(29)27-21-25-17(10-30-21)12-7-8-15(23)16(24)9-12/h3-11,18H,1-2H3,(H,26,28)(H,25,27,29)/t18-/m0/s1. The molecule has 0 saturated carbocycles. The second kappa shape index (κ2) is 9.08. The molecule has 3 aromatic rings. The lowest BCUT2D eigenvalue weighted by Gasteiger charge is -2.21. The molecular formula is C21H18F3N3O2S. The van der Waals surface area contributed by atoms with E-state index in [2.05, 4.69) is 15.6 Å². The van der Waals surface area contributed by atoms with Crippen molar-refractivity contribution >= 4 is 28.3 Å². The highest BCUT2D eigenvalue weighted by Gasteiger charge is 2.26. The zero-order valence-electron chi connectivity index (χ0n) is 16.1. The number of nitrogens with zero attached hydrogens (tertiary/aromatic N) is 1. The van der Waals surface area contributed by atoms with E-state index >= 15 is 0 Å². The number of carbonyl (C=O) groups is 2. The summed E-state index contributed by atoms with van der Waals surface area (Å²) in [5, 5.41) is 6.96. The molecule has 2 amide bonds. The maximum atomic E-state index is 13.8. The summed E-state index contributed by atoms with van der Waals surface area (Å²) in [5.41, 5.74) is 0.565. The van der Waals surface area contributed by atoms with Crippen LogP contribution in [0.4, 0.5) is 18.3 Å². The molecular weight excluding hydrogens is 415 g/mol. The molecule has 0 fully saturated rings. The Labute approximate surface area is 175 Å². The Morgan fingerprint density at radius 1 is 1.00 bits per heavy atom. The Hall–Kier alpha value is -3.20. The van der Waals surface area contributed by atoms with Gasteiger partial charge in [-0.1, -0.05) is 26.0 Å². The van der Waals surface area contributed by atoms with Crippen LogP contribution in [0.1, 0.15) is 24.2 Å². The van der Waals surface area contributed by atoms with E-state index in [0.29, 0.717) is 11.3 Å². The van der Waals surface area contributed by atoms with Gasteiger partial charge in [-0.3, -0.25) is 9.59 Å². The number of nitrogens with one attached hydrogen (secondary N) is 2.